The van der Waals surface area contributed by atoms with Crippen LogP contribution in [-0.4, -0.2) is 73.9 Å². The number of nitrogens with zero attached hydrogens (tertiary/aromatic N) is 5. The van der Waals surface area contributed by atoms with Crippen LogP contribution in [0.1, 0.15) is 36.6 Å². The minimum absolute atomic E-state index is 0.0687. The van der Waals surface area contributed by atoms with E-state index in [1.807, 2.05) is 24.3 Å². The second kappa shape index (κ2) is 11.4. The third-order valence-electron chi connectivity index (χ3n) is 8.13. The van der Waals surface area contributed by atoms with Crippen molar-refractivity contribution in [3.8, 4) is 11.3 Å². The molecule has 2 aliphatic rings. The Morgan fingerprint density at radius 2 is 1.83 bits per heavy atom. The summed E-state index contributed by atoms with van der Waals surface area (Å²) in [6, 6.07) is 13.3. The number of anilines is 1. The first-order chi connectivity index (χ1) is 20.1. The summed E-state index contributed by atoms with van der Waals surface area (Å²) in [5, 5.41) is 19.2. The fraction of sp³-hybridized carbons (Fsp3) is 0.433. The Morgan fingerprint density at radius 1 is 1.10 bits per heavy atom. The maximum Gasteiger partial charge on any atom is 0.416 e. The number of benzene rings is 2. The van der Waals surface area contributed by atoms with E-state index in [0.29, 0.717) is 43.3 Å². The van der Waals surface area contributed by atoms with E-state index in [4.69, 9.17) is 9.52 Å². The smallest absolute Gasteiger partial charge is 0.416 e. The van der Waals surface area contributed by atoms with Gasteiger partial charge in [-0.3, -0.25) is 9.48 Å². The molecule has 9 nitrogen and oxygen atoms in total. The maximum absolute atomic E-state index is 13.1. The van der Waals surface area contributed by atoms with Crippen molar-refractivity contribution in [3.63, 3.8) is 0 Å². The quantitative estimate of drug-likeness (QED) is 0.330. The van der Waals surface area contributed by atoms with E-state index >= 15 is 0 Å². The molecule has 12 heteroatoms. The van der Waals surface area contributed by atoms with Gasteiger partial charge in [-0.05, 0) is 37.1 Å². The zero-order valence-corrected chi connectivity index (χ0v) is 23.3. The summed E-state index contributed by atoms with van der Waals surface area (Å²) in [5.74, 6) is -0.0687. The molecule has 0 aliphatic carbocycles. The van der Waals surface area contributed by atoms with Gasteiger partial charge in [-0.1, -0.05) is 24.3 Å². The highest BCUT2D eigenvalue weighted by Gasteiger charge is 2.32. The molecule has 4 aromatic rings. The number of halogens is 3. The lowest BCUT2D eigenvalue weighted by Gasteiger charge is -2.33. The van der Waals surface area contributed by atoms with Gasteiger partial charge in [0.2, 0.25) is 5.91 Å². The third kappa shape index (κ3) is 6.00. The van der Waals surface area contributed by atoms with Crippen molar-refractivity contribution in [3.05, 3.63) is 65.4 Å². The number of alkyl halides is 3. The van der Waals surface area contributed by atoms with Crippen LogP contribution in [0.25, 0.3) is 22.4 Å². The molecule has 2 aliphatic heterocycles. The van der Waals surface area contributed by atoms with Crippen molar-refractivity contribution in [2.75, 3.05) is 31.5 Å². The Morgan fingerprint density at radius 3 is 2.52 bits per heavy atom. The number of likely N-dealkylation sites (tertiary alicyclic amines) is 1. The standard InChI is InChI=1S/C30H33F3N6O3/c1-19(40)38-15-12-26-24(18-38)28(20-6-8-21(9-7-20)30(31,32)33)36-39(26)17-23(41)16-37-13-10-22(11-14-37)34-29-35-25-4-2-3-5-27(25)42-29/h2-9,22-23,41H,10-18H2,1H3,(H,34,35). The monoisotopic (exact) mass is 582 g/mol. The SMILES string of the molecule is CC(=O)N1CCc2c(c(-c3ccc(C(F)(F)F)cc3)nn2CC(O)CN2CCC(Nc3nc4ccccc4o3)CC2)C1. The molecule has 1 unspecified atom stereocenters. The molecule has 0 spiro atoms. The Kier molecular flexibility index (Phi) is 7.67. The second-order valence-corrected chi connectivity index (χ2v) is 11.1. The lowest BCUT2D eigenvalue weighted by Crippen LogP contribution is -2.43. The highest BCUT2D eigenvalue weighted by molar-refractivity contribution is 5.75. The molecule has 222 valence electrons. The van der Waals surface area contributed by atoms with Crippen LogP contribution < -0.4 is 5.32 Å². The van der Waals surface area contributed by atoms with Gasteiger partial charge in [0.15, 0.2) is 5.58 Å². The van der Waals surface area contributed by atoms with Gasteiger partial charge in [0.25, 0.3) is 6.01 Å². The van der Waals surface area contributed by atoms with Crippen molar-refractivity contribution in [1.29, 1.82) is 0 Å². The first kappa shape index (κ1) is 28.2. The van der Waals surface area contributed by atoms with E-state index in [1.54, 1.807) is 9.58 Å². The third-order valence-corrected chi connectivity index (χ3v) is 8.13. The van der Waals surface area contributed by atoms with Crippen LogP contribution in [0.2, 0.25) is 0 Å². The molecule has 42 heavy (non-hydrogen) atoms. The van der Waals surface area contributed by atoms with Crippen LogP contribution in [0.3, 0.4) is 0 Å². The molecule has 1 amide bonds. The van der Waals surface area contributed by atoms with Gasteiger partial charge in [-0.25, -0.2) is 0 Å². The van der Waals surface area contributed by atoms with Crippen molar-refractivity contribution in [2.24, 2.45) is 0 Å². The van der Waals surface area contributed by atoms with Gasteiger partial charge in [-0.15, -0.1) is 0 Å². The van der Waals surface area contributed by atoms with Gasteiger partial charge in [0.1, 0.15) is 5.52 Å². The summed E-state index contributed by atoms with van der Waals surface area (Å²) >= 11 is 0. The van der Waals surface area contributed by atoms with Gasteiger partial charge in [0, 0.05) is 68.9 Å². The van der Waals surface area contributed by atoms with Crippen molar-refractivity contribution in [1.82, 2.24) is 24.6 Å². The molecule has 4 heterocycles. The first-order valence-corrected chi connectivity index (χ1v) is 14.2. The number of aliphatic hydroxyl groups excluding tert-OH is 1. The number of aromatic nitrogens is 3. The summed E-state index contributed by atoms with van der Waals surface area (Å²) in [7, 11) is 0. The predicted molar refractivity (Wildman–Crippen MR) is 151 cm³/mol. The summed E-state index contributed by atoms with van der Waals surface area (Å²) < 4.78 is 46.9. The summed E-state index contributed by atoms with van der Waals surface area (Å²) in [6.45, 7) is 4.69. The van der Waals surface area contributed by atoms with Crippen LogP contribution in [0.5, 0.6) is 0 Å². The number of oxazole rings is 1. The first-order valence-electron chi connectivity index (χ1n) is 14.2. The van der Waals surface area contributed by atoms with Gasteiger partial charge < -0.3 is 24.6 Å². The van der Waals surface area contributed by atoms with Crippen molar-refractivity contribution < 1.29 is 27.5 Å². The predicted octanol–water partition coefficient (Wildman–Crippen LogP) is 4.55. The highest BCUT2D eigenvalue weighted by Crippen LogP contribution is 2.34. The minimum atomic E-state index is -4.43. The Hall–Kier alpha value is -3.90. The molecule has 1 saturated heterocycles. The molecule has 0 radical (unpaired) electrons. The summed E-state index contributed by atoms with van der Waals surface area (Å²) in [5.41, 5.74) is 3.65. The van der Waals surface area contributed by atoms with E-state index in [9.17, 15) is 23.1 Å². The molecule has 2 aromatic heterocycles. The van der Waals surface area contributed by atoms with E-state index in [1.165, 1.54) is 19.1 Å². The number of aliphatic hydroxyl groups is 1. The molecule has 1 atom stereocenters. The van der Waals surface area contributed by atoms with Gasteiger partial charge >= 0.3 is 6.18 Å². The molecule has 6 rings (SSSR count). The Bertz CT molecular complexity index is 1520. The van der Waals surface area contributed by atoms with Crippen LogP contribution in [-0.2, 0) is 30.5 Å². The van der Waals surface area contributed by atoms with E-state index in [-0.39, 0.29) is 18.5 Å². The van der Waals surface area contributed by atoms with Crippen LogP contribution in [0.15, 0.2) is 52.9 Å². The van der Waals surface area contributed by atoms with E-state index in [0.717, 1.165) is 60.4 Å². The minimum Gasteiger partial charge on any atom is -0.424 e. The highest BCUT2D eigenvalue weighted by atomic mass is 19.4. The molecule has 1 fully saturated rings. The zero-order chi connectivity index (χ0) is 29.4. The molecule has 2 N–H and O–H groups in total. The maximum atomic E-state index is 13.1. The number of hydrogen-bond acceptors (Lipinski definition) is 7. The van der Waals surface area contributed by atoms with E-state index < -0.39 is 17.8 Å². The number of carbonyl (C=O) groups excluding carboxylic acids is 1. The largest absolute Gasteiger partial charge is 0.424 e. The number of carbonyl (C=O) groups is 1. The average Bonchev–Trinajstić information content (AvgIpc) is 3.54. The molecule has 0 saturated carbocycles. The number of hydrogen-bond donors (Lipinski definition) is 2. The lowest BCUT2D eigenvalue weighted by molar-refractivity contribution is -0.137. The summed E-state index contributed by atoms with van der Waals surface area (Å²) in [6.07, 6.45) is -2.81. The Balaban J connectivity index is 1.11. The van der Waals surface area contributed by atoms with Crippen molar-refractivity contribution >= 4 is 23.0 Å². The lowest BCUT2D eigenvalue weighted by atomic mass is 10.00. The number of nitrogens with one attached hydrogen (secondary N) is 1. The van der Waals surface area contributed by atoms with Crippen molar-refractivity contribution in [2.45, 2.75) is 57.6 Å². The van der Waals surface area contributed by atoms with Gasteiger partial charge in [-0.2, -0.15) is 23.3 Å². The number of para-hydroxylation sites is 2. The number of fused-ring (bicyclic) bond motifs is 2. The Labute approximate surface area is 240 Å². The number of amides is 1. The topological polar surface area (TPSA) is 99.7 Å². The van der Waals surface area contributed by atoms with Crippen LogP contribution in [0.4, 0.5) is 19.2 Å². The number of rotatable bonds is 7. The number of piperidine rings is 1. The molecule has 2 aromatic carbocycles. The van der Waals surface area contributed by atoms with E-state index in [2.05, 4.69) is 15.2 Å². The second-order valence-electron chi connectivity index (χ2n) is 11.1. The normalized spacial score (nSPS) is 17.4. The van der Waals surface area contributed by atoms with Crippen LogP contribution >= 0.6 is 0 Å². The van der Waals surface area contributed by atoms with Gasteiger partial charge in [0.05, 0.1) is 23.9 Å². The van der Waals surface area contributed by atoms with Crippen LogP contribution in [0, 0.1) is 0 Å². The number of β-amino-alcohol motifs (C(OH)–C–C–N with tert-alkyl or cyclic N) is 1. The average molecular weight is 583 g/mol. The molecular weight excluding hydrogens is 549 g/mol. The zero-order valence-electron chi connectivity index (χ0n) is 23.3. The fourth-order valence-electron chi connectivity index (χ4n) is 5.88. The fourth-order valence-corrected chi connectivity index (χ4v) is 5.88. The molecule has 0 bridgehead atoms. The molecular formula is C30H33F3N6O3. The summed E-state index contributed by atoms with van der Waals surface area (Å²) in [4.78, 5) is 20.5.